The molecule has 0 atom stereocenters. The lowest BCUT2D eigenvalue weighted by Crippen LogP contribution is -2.42. The summed E-state index contributed by atoms with van der Waals surface area (Å²) in [6.45, 7) is 12.7. The fraction of sp³-hybridized carbons (Fsp3) is 0.778. The minimum atomic E-state index is -1.95. The van der Waals surface area contributed by atoms with Crippen molar-refractivity contribution >= 4 is 20.1 Å². The van der Waals surface area contributed by atoms with Gasteiger partial charge >= 0.3 is 5.97 Å². The summed E-state index contributed by atoms with van der Waals surface area (Å²) < 4.78 is 11.0. The highest BCUT2D eigenvalue weighted by atomic mass is 28.4. The summed E-state index contributed by atoms with van der Waals surface area (Å²) in [5.41, 5.74) is 0. The molecule has 0 saturated carbocycles. The van der Waals surface area contributed by atoms with E-state index in [9.17, 15) is 9.59 Å². The van der Waals surface area contributed by atoms with Crippen molar-refractivity contribution in [1.29, 1.82) is 0 Å². The molecule has 0 amide bonds. The van der Waals surface area contributed by atoms with E-state index in [4.69, 9.17) is 9.16 Å². The van der Waals surface area contributed by atoms with Gasteiger partial charge in [-0.2, -0.15) is 0 Å². The number of hydrogen-bond acceptors (Lipinski definition) is 4. The number of hydrogen-bond donors (Lipinski definition) is 0. The second kappa shape index (κ2) is 18.2. The molecule has 0 radical (unpaired) electrons. The van der Waals surface area contributed by atoms with Crippen molar-refractivity contribution in [2.24, 2.45) is 0 Å². The molecule has 0 bridgehead atoms. The van der Waals surface area contributed by atoms with E-state index in [1.165, 1.54) is 38.5 Å². The maximum Gasteiger partial charge on any atom is 0.306 e. The molecule has 0 fully saturated rings. The van der Waals surface area contributed by atoms with Gasteiger partial charge in [0.15, 0.2) is 20.7 Å². The molecule has 0 aromatic carbocycles. The third kappa shape index (κ3) is 17.4. The Balaban J connectivity index is 3.60. The van der Waals surface area contributed by atoms with Gasteiger partial charge in [-0.1, -0.05) is 84.1 Å². The lowest BCUT2D eigenvalue weighted by molar-refractivity contribution is -0.148. The number of esters is 1. The van der Waals surface area contributed by atoms with Gasteiger partial charge in [-0.15, -0.1) is 0 Å². The van der Waals surface area contributed by atoms with Crippen LogP contribution in [0.2, 0.25) is 18.1 Å². The molecule has 0 aliphatic carbocycles. The summed E-state index contributed by atoms with van der Waals surface area (Å²) in [5, 5.41) is 0.0607. The third-order valence-electron chi connectivity index (χ3n) is 6.13. The molecule has 0 rings (SSSR count). The number of rotatable bonds is 19. The van der Waals surface area contributed by atoms with Crippen LogP contribution < -0.4 is 0 Å². The number of ketones is 1. The van der Waals surface area contributed by atoms with Crippen LogP contribution in [0.3, 0.4) is 0 Å². The molecule has 5 heteroatoms. The van der Waals surface area contributed by atoms with E-state index < -0.39 is 8.32 Å². The van der Waals surface area contributed by atoms with Crippen molar-refractivity contribution in [2.45, 2.75) is 123 Å². The molecule has 186 valence electrons. The monoisotopic (exact) mass is 466 g/mol. The first-order valence-electron chi connectivity index (χ1n) is 12.7. The fourth-order valence-corrected chi connectivity index (χ4v) is 3.79. The molecule has 0 aliphatic rings. The SMILES string of the molecule is CCCCC/C=C\C/C=C\CCCCCCCC(=O)OCC(=O)CO[Si](C)(C)C(C)(C)C. The Hall–Kier alpha value is -1.20. The van der Waals surface area contributed by atoms with Gasteiger partial charge in [0.2, 0.25) is 0 Å². The van der Waals surface area contributed by atoms with Gasteiger partial charge in [-0.3, -0.25) is 9.59 Å². The van der Waals surface area contributed by atoms with E-state index in [0.717, 1.165) is 32.1 Å². The minimum absolute atomic E-state index is 0.0352. The van der Waals surface area contributed by atoms with Crippen LogP contribution in [0.15, 0.2) is 24.3 Å². The molecule has 0 aromatic heterocycles. The summed E-state index contributed by atoms with van der Waals surface area (Å²) in [5.74, 6) is -0.445. The van der Waals surface area contributed by atoms with Crippen molar-refractivity contribution in [3.05, 3.63) is 24.3 Å². The Morgan fingerprint density at radius 3 is 1.94 bits per heavy atom. The van der Waals surface area contributed by atoms with Crippen LogP contribution in [-0.4, -0.2) is 33.3 Å². The summed E-state index contributed by atoms with van der Waals surface area (Å²) in [4.78, 5) is 23.8. The van der Waals surface area contributed by atoms with E-state index in [-0.39, 0.29) is 30.0 Å². The number of carbonyl (C=O) groups is 2. The predicted octanol–water partition coefficient (Wildman–Crippen LogP) is 7.93. The molecule has 0 aliphatic heterocycles. The Morgan fingerprint density at radius 1 is 0.781 bits per heavy atom. The van der Waals surface area contributed by atoms with Crippen LogP contribution in [0.5, 0.6) is 0 Å². The van der Waals surface area contributed by atoms with Gasteiger partial charge in [0, 0.05) is 6.42 Å². The molecule has 0 spiro atoms. The van der Waals surface area contributed by atoms with E-state index in [1.807, 2.05) is 0 Å². The van der Waals surface area contributed by atoms with Crippen LogP contribution in [0.25, 0.3) is 0 Å². The number of ether oxygens (including phenoxy) is 1. The number of allylic oxidation sites excluding steroid dienone is 4. The fourth-order valence-electron chi connectivity index (χ4n) is 2.83. The van der Waals surface area contributed by atoms with Crippen molar-refractivity contribution in [3.8, 4) is 0 Å². The van der Waals surface area contributed by atoms with Gasteiger partial charge in [-0.25, -0.2) is 0 Å². The first-order chi connectivity index (χ1) is 15.1. The molecular weight excluding hydrogens is 416 g/mol. The Bertz CT molecular complexity index is 558. The average Bonchev–Trinajstić information content (AvgIpc) is 2.72. The molecule has 0 N–H and O–H groups in total. The van der Waals surface area contributed by atoms with Gasteiger partial charge in [0.05, 0.1) is 6.61 Å². The van der Waals surface area contributed by atoms with Gasteiger partial charge in [0.1, 0.15) is 0 Å². The van der Waals surface area contributed by atoms with Crippen LogP contribution in [-0.2, 0) is 18.8 Å². The molecule has 32 heavy (non-hydrogen) atoms. The van der Waals surface area contributed by atoms with Crippen LogP contribution in [0.1, 0.15) is 105 Å². The summed E-state index contributed by atoms with van der Waals surface area (Å²) in [6.07, 6.45) is 22.2. The molecule has 0 aromatic rings. The number of carbonyl (C=O) groups excluding carboxylic acids is 2. The van der Waals surface area contributed by atoms with Crippen molar-refractivity contribution in [1.82, 2.24) is 0 Å². The highest BCUT2D eigenvalue weighted by molar-refractivity contribution is 6.74. The summed E-state index contributed by atoms with van der Waals surface area (Å²) in [6, 6.07) is 0. The van der Waals surface area contributed by atoms with E-state index >= 15 is 0 Å². The van der Waals surface area contributed by atoms with Crippen molar-refractivity contribution < 1.29 is 18.8 Å². The minimum Gasteiger partial charge on any atom is -0.458 e. The third-order valence-corrected chi connectivity index (χ3v) is 10.6. The van der Waals surface area contributed by atoms with Crippen molar-refractivity contribution in [3.63, 3.8) is 0 Å². The van der Waals surface area contributed by atoms with Crippen LogP contribution in [0.4, 0.5) is 0 Å². The van der Waals surface area contributed by atoms with Crippen LogP contribution in [0, 0.1) is 0 Å². The number of Topliss-reactive ketones (excluding diaryl/α,β-unsaturated/α-hetero) is 1. The normalized spacial score (nSPS) is 12.7. The largest absolute Gasteiger partial charge is 0.458 e. The second-order valence-corrected chi connectivity index (χ2v) is 15.0. The molecular formula is C27H50O4Si. The zero-order valence-electron chi connectivity index (χ0n) is 21.8. The lowest BCUT2D eigenvalue weighted by atomic mass is 10.1. The predicted molar refractivity (Wildman–Crippen MR) is 138 cm³/mol. The van der Waals surface area contributed by atoms with E-state index in [1.54, 1.807) is 0 Å². The molecule has 4 nitrogen and oxygen atoms in total. The van der Waals surface area contributed by atoms with Crippen molar-refractivity contribution in [2.75, 3.05) is 13.2 Å². The Labute approximate surface area is 199 Å². The quantitative estimate of drug-likeness (QED) is 0.0839. The van der Waals surface area contributed by atoms with E-state index in [2.05, 4.69) is 65.1 Å². The zero-order chi connectivity index (χ0) is 24.3. The standard InChI is InChI=1S/C27H50O4Si/c1-7-8-9-10-11-12-13-14-15-16-17-18-19-20-21-22-26(29)30-23-25(28)24-31-32(5,6)27(2,3)4/h11-12,14-15H,7-10,13,16-24H2,1-6H3/b12-11-,15-14-. The maximum absolute atomic E-state index is 11.9. The number of unbranched alkanes of at least 4 members (excludes halogenated alkanes) is 8. The smallest absolute Gasteiger partial charge is 0.306 e. The highest BCUT2D eigenvalue weighted by Gasteiger charge is 2.37. The van der Waals surface area contributed by atoms with Gasteiger partial charge in [-0.05, 0) is 56.7 Å². The Kier molecular flexibility index (Phi) is 17.6. The lowest BCUT2D eigenvalue weighted by Gasteiger charge is -2.35. The first-order valence-corrected chi connectivity index (χ1v) is 15.6. The first kappa shape index (κ1) is 30.8. The highest BCUT2D eigenvalue weighted by Crippen LogP contribution is 2.36. The van der Waals surface area contributed by atoms with Gasteiger partial charge < -0.3 is 9.16 Å². The summed E-state index contributed by atoms with van der Waals surface area (Å²) >= 11 is 0. The maximum atomic E-state index is 11.9. The molecule has 0 saturated heterocycles. The topological polar surface area (TPSA) is 52.6 Å². The molecule has 0 heterocycles. The zero-order valence-corrected chi connectivity index (χ0v) is 22.8. The average molecular weight is 467 g/mol. The Morgan fingerprint density at radius 2 is 1.34 bits per heavy atom. The second-order valence-electron chi connectivity index (χ2n) is 10.2. The van der Waals surface area contributed by atoms with E-state index in [0.29, 0.717) is 6.42 Å². The summed E-state index contributed by atoms with van der Waals surface area (Å²) in [7, 11) is -1.95. The van der Waals surface area contributed by atoms with Gasteiger partial charge in [0.25, 0.3) is 0 Å². The molecule has 0 unspecified atom stereocenters. The van der Waals surface area contributed by atoms with Crippen LogP contribution >= 0.6 is 0 Å².